The lowest BCUT2D eigenvalue weighted by Crippen LogP contribution is -2.26. The second-order valence-corrected chi connectivity index (χ2v) is 4.61. The molecule has 0 saturated carbocycles. The number of rotatable bonds is 4. The predicted octanol–water partition coefficient (Wildman–Crippen LogP) is 3.15. The highest BCUT2D eigenvalue weighted by atomic mass is 16.5. The van der Waals surface area contributed by atoms with Crippen LogP contribution in [0.2, 0.25) is 0 Å². The number of carbonyl (C=O) groups is 1. The zero-order chi connectivity index (χ0) is 10.5. The lowest BCUT2D eigenvalue weighted by molar-refractivity contribution is -0.158. The molecule has 2 nitrogen and oxygen atoms in total. The summed E-state index contributed by atoms with van der Waals surface area (Å²) in [6.07, 6.45) is 3.31. The van der Waals surface area contributed by atoms with Crippen molar-refractivity contribution in [3.8, 4) is 0 Å². The van der Waals surface area contributed by atoms with E-state index in [9.17, 15) is 4.79 Å². The number of esters is 1. The molecule has 0 aromatic heterocycles. The van der Waals surface area contributed by atoms with Gasteiger partial charge < -0.3 is 4.74 Å². The monoisotopic (exact) mass is 186 g/mol. The van der Waals surface area contributed by atoms with Gasteiger partial charge in [-0.2, -0.15) is 0 Å². The van der Waals surface area contributed by atoms with E-state index in [0.717, 1.165) is 19.3 Å². The Morgan fingerprint density at radius 3 is 2.31 bits per heavy atom. The van der Waals surface area contributed by atoms with E-state index < -0.39 is 0 Å². The topological polar surface area (TPSA) is 26.3 Å². The van der Waals surface area contributed by atoms with Crippen molar-refractivity contribution in [2.45, 2.75) is 60.0 Å². The van der Waals surface area contributed by atoms with Crippen LogP contribution in [0.3, 0.4) is 0 Å². The predicted molar refractivity (Wildman–Crippen MR) is 54.5 cm³/mol. The first kappa shape index (κ1) is 12.5. The molecule has 0 aromatic rings. The fourth-order valence-corrected chi connectivity index (χ4v) is 0.910. The minimum absolute atomic E-state index is 0.0617. The number of ether oxygens (including phenoxy) is 1. The number of hydrogen-bond acceptors (Lipinski definition) is 2. The smallest absolute Gasteiger partial charge is 0.311 e. The summed E-state index contributed by atoms with van der Waals surface area (Å²) >= 11 is 0. The highest BCUT2D eigenvalue weighted by molar-refractivity contribution is 5.75. The van der Waals surface area contributed by atoms with Crippen LogP contribution in [0.4, 0.5) is 0 Å². The summed E-state index contributed by atoms with van der Waals surface area (Å²) in [5, 5.41) is 0. The highest BCUT2D eigenvalue weighted by Crippen LogP contribution is 2.17. The van der Waals surface area contributed by atoms with Gasteiger partial charge in [-0.1, -0.05) is 19.8 Å². The van der Waals surface area contributed by atoms with Gasteiger partial charge in [0.1, 0.15) is 0 Å². The maximum Gasteiger partial charge on any atom is 0.311 e. The molecule has 0 bridgehead atoms. The molecule has 0 spiro atoms. The molecule has 0 radical (unpaired) electrons. The molecule has 0 aliphatic heterocycles. The van der Waals surface area contributed by atoms with Crippen molar-refractivity contribution in [2.75, 3.05) is 0 Å². The fraction of sp³-hybridized carbons (Fsp3) is 0.909. The van der Waals surface area contributed by atoms with E-state index in [-0.39, 0.29) is 17.5 Å². The molecule has 0 aliphatic rings. The molecular weight excluding hydrogens is 164 g/mol. The third-order valence-corrected chi connectivity index (χ3v) is 1.88. The van der Waals surface area contributed by atoms with Crippen molar-refractivity contribution in [1.29, 1.82) is 0 Å². The Labute approximate surface area is 81.7 Å². The molecular formula is C11H22O2. The SMILES string of the molecule is CCCCC(C)OC(=O)C(C)(C)C. The summed E-state index contributed by atoms with van der Waals surface area (Å²) in [5.41, 5.74) is -0.375. The van der Waals surface area contributed by atoms with Crippen LogP contribution in [-0.2, 0) is 9.53 Å². The van der Waals surface area contributed by atoms with Crippen LogP contribution >= 0.6 is 0 Å². The van der Waals surface area contributed by atoms with Crippen LogP contribution in [0, 0.1) is 5.41 Å². The summed E-state index contributed by atoms with van der Waals surface area (Å²) < 4.78 is 5.28. The van der Waals surface area contributed by atoms with Crippen LogP contribution < -0.4 is 0 Å². The number of carbonyl (C=O) groups excluding carboxylic acids is 1. The molecule has 0 heterocycles. The fourth-order valence-electron chi connectivity index (χ4n) is 0.910. The first-order valence-electron chi connectivity index (χ1n) is 5.09. The molecule has 0 aromatic carbocycles. The van der Waals surface area contributed by atoms with Gasteiger partial charge >= 0.3 is 5.97 Å². The largest absolute Gasteiger partial charge is 0.462 e. The summed E-state index contributed by atoms with van der Waals surface area (Å²) in [7, 11) is 0. The van der Waals surface area contributed by atoms with Crippen LogP contribution in [0.5, 0.6) is 0 Å². The van der Waals surface area contributed by atoms with Gasteiger partial charge in [0.25, 0.3) is 0 Å². The second kappa shape index (κ2) is 5.25. The number of unbranched alkanes of at least 4 members (excludes halogenated alkanes) is 1. The van der Waals surface area contributed by atoms with Gasteiger partial charge in [-0.25, -0.2) is 0 Å². The maximum atomic E-state index is 11.4. The lowest BCUT2D eigenvalue weighted by Gasteiger charge is -2.20. The van der Waals surface area contributed by atoms with E-state index in [1.807, 2.05) is 27.7 Å². The summed E-state index contributed by atoms with van der Waals surface area (Å²) in [6, 6.07) is 0. The first-order valence-corrected chi connectivity index (χ1v) is 5.09. The molecule has 0 amide bonds. The minimum Gasteiger partial charge on any atom is -0.462 e. The Morgan fingerprint density at radius 2 is 1.92 bits per heavy atom. The van der Waals surface area contributed by atoms with Crippen molar-refractivity contribution in [3.63, 3.8) is 0 Å². The van der Waals surface area contributed by atoms with Crippen molar-refractivity contribution >= 4 is 5.97 Å². The first-order chi connectivity index (χ1) is 5.88. The maximum absolute atomic E-state index is 11.4. The third kappa shape index (κ3) is 5.67. The van der Waals surface area contributed by atoms with Gasteiger partial charge in [-0.3, -0.25) is 4.79 Å². The lowest BCUT2D eigenvalue weighted by atomic mass is 9.97. The molecule has 2 heteroatoms. The molecule has 0 saturated heterocycles. The van der Waals surface area contributed by atoms with E-state index in [0.29, 0.717) is 0 Å². The van der Waals surface area contributed by atoms with E-state index in [1.165, 1.54) is 0 Å². The highest BCUT2D eigenvalue weighted by Gasteiger charge is 2.24. The van der Waals surface area contributed by atoms with Crippen molar-refractivity contribution in [2.24, 2.45) is 5.41 Å². The normalized spacial score (nSPS) is 13.9. The Morgan fingerprint density at radius 1 is 1.38 bits per heavy atom. The van der Waals surface area contributed by atoms with Crippen molar-refractivity contribution < 1.29 is 9.53 Å². The molecule has 0 N–H and O–H groups in total. The average molecular weight is 186 g/mol. The van der Waals surface area contributed by atoms with Crippen LogP contribution in [0.15, 0.2) is 0 Å². The zero-order valence-corrected chi connectivity index (χ0v) is 9.52. The molecule has 0 aliphatic carbocycles. The zero-order valence-electron chi connectivity index (χ0n) is 9.52. The minimum atomic E-state index is -0.375. The van der Waals surface area contributed by atoms with Crippen molar-refractivity contribution in [1.82, 2.24) is 0 Å². The molecule has 0 fully saturated rings. The molecule has 1 unspecified atom stereocenters. The van der Waals surface area contributed by atoms with Gasteiger partial charge in [0.15, 0.2) is 0 Å². The van der Waals surface area contributed by atoms with Gasteiger partial charge in [0, 0.05) is 0 Å². The van der Waals surface area contributed by atoms with Gasteiger partial charge in [0.05, 0.1) is 11.5 Å². The van der Waals surface area contributed by atoms with E-state index in [4.69, 9.17) is 4.74 Å². The van der Waals surface area contributed by atoms with Gasteiger partial charge in [-0.05, 0) is 34.1 Å². The van der Waals surface area contributed by atoms with Crippen molar-refractivity contribution in [3.05, 3.63) is 0 Å². The van der Waals surface area contributed by atoms with Crippen LogP contribution in [-0.4, -0.2) is 12.1 Å². The Bertz CT molecular complexity index is 156. The quantitative estimate of drug-likeness (QED) is 0.630. The molecule has 0 rings (SSSR count). The summed E-state index contributed by atoms with van der Waals surface area (Å²) in [6.45, 7) is 9.73. The Hall–Kier alpha value is -0.530. The average Bonchev–Trinajstić information content (AvgIpc) is 1.99. The van der Waals surface area contributed by atoms with Gasteiger partial charge in [0.2, 0.25) is 0 Å². The van der Waals surface area contributed by atoms with Gasteiger partial charge in [-0.15, -0.1) is 0 Å². The second-order valence-electron chi connectivity index (χ2n) is 4.61. The van der Waals surface area contributed by atoms with E-state index in [2.05, 4.69) is 6.92 Å². The standard InChI is InChI=1S/C11H22O2/c1-6-7-8-9(2)13-10(12)11(3,4)5/h9H,6-8H2,1-5H3. The Balaban J connectivity index is 3.79. The molecule has 13 heavy (non-hydrogen) atoms. The molecule has 1 atom stereocenters. The molecule has 78 valence electrons. The van der Waals surface area contributed by atoms with Crippen LogP contribution in [0.25, 0.3) is 0 Å². The summed E-state index contributed by atoms with van der Waals surface area (Å²) in [4.78, 5) is 11.4. The Kier molecular flexibility index (Phi) is 5.04. The van der Waals surface area contributed by atoms with E-state index in [1.54, 1.807) is 0 Å². The van der Waals surface area contributed by atoms with Crippen LogP contribution in [0.1, 0.15) is 53.9 Å². The summed E-state index contributed by atoms with van der Waals surface area (Å²) in [5.74, 6) is -0.101. The third-order valence-electron chi connectivity index (χ3n) is 1.88. The van der Waals surface area contributed by atoms with E-state index >= 15 is 0 Å². The number of hydrogen-bond donors (Lipinski definition) is 0.